The van der Waals surface area contributed by atoms with E-state index in [4.69, 9.17) is 9.47 Å². The van der Waals surface area contributed by atoms with Gasteiger partial charge in [0.1, 0.15) is 0 Å². The van der Waals surface area contributed by atoms with Gasteiger partial charge in [-0.25, -0.2) is 0 Å². The van der Waals surface area contributed by atoms with Crippen molar-refractivity contribution in [3.8, 4) is 0 Å². The second-order valence-corrected chi connectivity index (χ2v) is 3.50. The molecule has 0 spiro atoms. The number of ether oxygens (including phenoxy) is 2. The molecular weight excluding hydrogens is 170 g/mol. The molecule has 0 aliphatic carbocycles. The molecule has 2 N–H and O–H groups in total. The zero-order valence-corrected chi connectivity index (χ0v) is 8.38. The van der Waals surface area contributed by atoms with Crippen molar-refractivity contribution in [1.29, 1.82) is 0 Å². The van der Waals surface area contributed by atoms with Gasteiger partial charge in [-0.1, -0.05) is 0 Å². The van der Waals surface area contributed by atoms with E-state index in [1.807, 2.05) is 6.92 Å². The van der Waals surface area contributed by atoms with Crippen LogP contribution in [0, 0.1) is 0 Å². The quantitative estimate of drug-likeness (QED) is 0.586. The summed E-state index contributed by atoms with van der Waals surface area (Å²) >= 11 is 0. The first kappa shape index (κ1) is 10.9. The Kier molecular flexibility index (Phi) is 4.12. The molecule has 78 valence electrons. The van der Waals surface area contributed by atoms with Crippen molar-refractivity contribution in [1.82, 2.24) is 5.32 Å². The molecule has 0 aromatic rings. The highest BCUT2D eigenvalue weighted by Crippen LogP contribution is 2.24. The average molecular weight is 189 g/mol. The standard InChI is InChI=1S/C9H19NO3/c1-8-9(7-11,3-5-13-8)10-4-6-12-2/h8,10-11H,3-7H2,1-2H3. The summed E-state index contributed by atoms with van der Waals surface area (Å²) in [6, 6.07) is 0. The molecule has 4 nitrogen and oxygen atoms in total. The molecule has 1 aliphatic rings. The molecule has 0 saturated carbocycles. The Balaban J connectivity index is 2.39. The van der Waals surface area contributed by atoms with Crippen molar-refractivity contribution in [2.75, 3.05) is 33.5 Å². The van der Waals surface area contributed by atoms with E-state index in [1.54, 1.807) is 7.11 Å². The normalized spacial score (nSPS) is 33.9. The van der Waals surface area contributed by atoms with Crippen molar-refractivity contribution in [2.45, 2.75) is 25.0 Å². The van der Waals surface area contributed by atoms with Crippen LogP contribution in [0.3, 0.4) is 0 Å². The van der Waals surface area contributed by atoms with Crippen LogP contribution in [-0.4, -0.2) is 50.2 Å². The molecule has 1 aliphatic heterocycles. The van der Waals surface area contributed by atoms with E-state index in [0.29, 0.717) is 6.61 Å². The van der Waals surface area contributed by atoms with E-state index in [-0.39, 0.29) is 18.2 Å². The van der Waals surface area contributed by atoms with Gasteiger partial charge in [0.05, 0.1) is 24.9 Å². The summed E-state index contributed by atoms with van der Waals surface area (Å²) in [5.74, 6) is 0. The predicted octanol–water partition coefficient (Wildman–Crippen LogP) is -0.238. The molecule has 2 atom stereocenters. The van der Waals surface area contributed by atoms with Gasteiger partial charge in [0, 0.05) is 20.3 Å². The molecule has 0 aromatic carbocycles. The van der Waals surface area contributed by atoms with Crippen molar-refractivity contribution in [3.63, 3.8) is 0 Å². The van der Waals surface area contributed by atoms with Crippen molar-refractivity contribution in [3.05, 3.63) is 0 Å². The molecule has 0 amide bonds. The van der Waals surface area contributed by atoms with Crippen LogP contribution in [-0.2, 0) is 9.47 Å². The summed E-state index contributed by atoms with van der Waals surface area (Å²) in [5, 5.41) is 12.6. The smallest absolute Gasteiger partial charge is 0.0751 e. The highest BCUT2D eigenvalue weighted by atomic mass is 16.5. The Hall–Kier alpha value is -0.160. The van der Waals surface area contributed by atoms with Crippen LogP contribution in [0.2, 0.25) is 0 Å². The van der Waals surface area contributed by atoms with Crippen LogP contribution in [0.4, 0.5) is 0 Å². The monoisotopic (exact) mass is 189 g/mol. The second kappa shape index (κ2) is 4.91. The van der Waals surface area contributed by atoms with E-state index >= 15 is 0 Å². The third kappa shape index (κ3) is 2.40. The van der Waals surface area contributed by atoms with Crippen LogP contribution < -0.4 is 5.32 Å². The van der Waals surface area contributed by atoms with Gasteiger partial charge in [-0.3, -0.25) is 0 Å². The number of aliphatic hydroxyl groups is 1. The lowest BCUT2D eigenvalue weighted by Gasteiger charge is -2.31. The molecule has 13 heavy (non-hydrogen) atoms. The first-order valence-electron chi connectivity index (χ1n) is 4.71. The number of nitrogens with one attached hydrogen (secondary N) is 1. The zero-order valence-electron chi connectivity index (χ0n) is 8.38. The lowest BCUT2D eigenvalue weighted by atomic mass is 9.93. The Bertz CT molecular complexity index is 154. The van der Waals surface area contributed by atoms with E-state index in [1.165, 1.54) is 0 Å². The van der Waals surface area contributed by atoms with Crippen molar-refractivity contribution < 1.29 is 14.6 Å². The summed E-state index contributed by atoms with van der Waals surface area (Å²) in [6.45, 7) is 4.25. The first-order valence-corrected chi connectivity index (χ1v) is 4.71. The Morgan fingerprint density at radius 3 is 2.92 bits per heavy atom. The minimum Gasteiger partial charge on any atom is -0.394 e. The molecule has 0 aromatic heterocycles. The fourth-order valence-corrected chi connectivity index (χ4v) is 1.68. The van der Waals surface area contributed by atoms with Gasteiger partial charge in [0.25, 0.3) is 0 Å². The van der Waals surface area contributed by atoms with Gasteiger partial charge in [-0.15, -0.1) is 0 Å². The predicted molar refractivity (Wildman–Crippen MR) is 49.7 cm³/mol. The maximum absolute atomic E-state index is 9.30. The Morgan fingerprint density at radius 2 is 2.46 bits per heavy atom. The molecule has 1 heterocycles. The third-order valence-corrected chi connectivity index (χ3v) is 2.76. The van der Waals surface area contributed by atoms with E-state index in [0.717, 1.165) is 19.6 Å². The van der Waals surface area contributed by atoms with Gasteiger partial charge in [0.2, 0.25) is 0 Å². The number of aliphatic hydroxyl groups excluding tert-OH is 1. The molecule has 0 bridgehead atoms. The van der Waals surface area contributed by atoms with Crippen molar-refractivity contribution >= 4 is 0 Å². The first-order chi connectivity index (χ1) is 6.25. The summed E-state index contributed by atoms with van der Waals surface area (Å²) < 4.78 is 10.4. The molecule has 2 unspecified atom stereocenters. The fraction of sp³-hybridized carbons (Fsp3) is 1.00. The summed E-state index contributed by atoms with van der Waals surface area (Å²) in [4.78, 5) is 0. The molecular formula is C9H19NO3. The van der Waals surface area contributed by atoms with E-state index < -0.39 is 0 Å². The number of rotatable bonds is 5. The Morgan fingerprint density at radius 1 is 1.69 bits per heavy atom. The summed E-state index contributed by atoms with van der Waals surface area (Å²) in [5.41, 5.74) is -0.251. The van der Waals surface area contributed by atoms with Gasteiger partial charge >= 0.3 is 0 Å². The molecule has 1 rings (SSSR count). The van der Waals surface area contributed by atoms with Gasteiger partial charge < -0.3 is 19.9 Å². The number of hydrogen-bond donors (Lipinski definition) is 2. The fourth-order valence-electron chi connectivity index (χ4n) is 1.68. The summed E-state index contributed by atoms with van der Waals surface area (Å²) in [6.07, 6.45) is 0.948. The number of hydrogen-bond acceptors (Lipinski definition) is 4. The van der Waals surface area contributed by atoms with Crippen molar-refractivity contribution in [2.24, 2.45) is 0 Å². The van der Waals surface area contributed by atoms with E-state index in [9.17, 15) is 5.11 Å². The minimum absolute atomic E-state index is 0.0781. The maximum Gasteiger partial charge on any atom is 0.0751 e. The summed E-state index contributed by atoms with van der Waals surface area (Å²) in [7, 11) is 1.67. The van der Waals surface area contributed by atoms with Gasteiger partial charge in [-0.05, 0) is 13.3 Å². The van der Waals surface area contributed by atoms with Gasteiger partial charge in [-0.2, -0.15) is 0 Å². The van der Waals surface area contributed by atoms with E-state index in [2.05, 4.69) is 5.32 Å². The zero-order chi connectivity index (χ0) is 9.73. The van der Waals surface area contributed by atoms with Crippen LogP contribution in [0.1, 0.15) is 13.3 Å². The van der Waals surface area contributed by atoms with Crippen LogP contribution in [0.15, 0.2) is 0 Å². The van der Waals surface area contributed by atoms with Crippen LogP contribution >= 0.6 is 0 Å². The third-order valence-electron chi connectivity index (χ3n) is 2.76. The maximum atomic E-state index is 9.30. The highest BCUT2D eigenvalue weighted by Gasteiger charge is 2.40. The molecule has 1 saturated heterocycles. The largest absolute Gasteiger partial charge is 0.394 e. The average Bonchev–Trinajstić information content (AvgIpc) is 2.49. The Labute approximate surface area is 79.2 Å². The number of methoxy groups -OCH3 is 1. The minimum atomic E-state index is -0.251. The van der Waals surface area contributed by atoms with Crippen LogP contribution in [0.25, 0.3) is 0 Å². The SMILES string of the molecule is COCCNC1(CO)CCOC1C. The lowest BCUT2D eigenvalue weighted by Crippen LogP contribution is -2.54. The molecule has 4 heteroatoms. The van der Waals surface area contributed by atoms with Crippen LogP contribution in [0.5, 0.6) is 0 Å². The molecule has 0 radical (unpaired) electrons. The molecule has 1 fully saturated rings. The lowest BCUT2D eigenvalue weighted by molar-refractivity contribution is 0.0498. The topological polar surface area (TPSA) is 50.7 Å². The second-order valence-electron chi connectivity index (χ2n) is 3.50. The highest BCUT2D eigenvalue weighted by molar-refractivity contribution is 4.97. The van der Waals surface area contributed by atoms with Gasteiger partial charge in [0.15, 0.2) is 0 Å².